The van der Waals surface area contributed by atoms with Crippen molar-refractivity contribution in [2.45, 2.75) is 0 Å². The van der Waals surface area contributed by atoms with Gasteiger partial charge in [-0.2, -0.15) is 22.7 Å². The maximum Gasteiger partial charge on any atom is 2.00 e. The van der Waals surface area contributed by atoms with Crippen LogP contribution >= 0.6 is 22.7 Å². The van der Waals surface area contributed by atoms with E-state index in [0.29, 0.717) is 11.3 Å². The van der Waals surface area contributed by atoms with E-state index in [1.165, 1.54) is 12.1 Å². The molecule has 0 unspecified atom stereocenters. The number of benzene rings is 4. The molecule has 12 heteroatoms. The SMILES string of the molecule is Fc1ccc2c(n1)[n-]c1ccccc12.Fc1ccc2c(n1)[n-]c1ccccc12.[Pt+2].[Pt+2].[c-]1ccccc1-c1nccs1.[c-]1ccccc1-c1nccs1. The average molecular weight is 1080 g/mol. The van der Waals surface area contributed by atoms with Gasteiger partial charge in [0.1, 0.15) is 11.9 Å². The Morgan fingerprint density at radius 2 is 0.904 bits per heavy atom. The summed E-state index contributed by atoms with van der Waals surface area (Å²) in [5.74, 6) is -0.972. The average Bonchev–Trinajstić information content (AvgIpc) is 3.99. The molecular weight excluding hydrogens is 1060 g/mol. The van der Waals surface area contributed by atoms with E-state index in [-0.39, 0.29) is 42.1 Å². The molecule has 0 radical (unpaired) electrons. The fourth-order valence-electron chi connectivity index (χ4n) is 5.03. The van der Waals surface area contributed by atoms with E-state index in [9.17, 15) is 8.78 Å². The van der Waals surface area contributed by atoms with Crippen molar-refractivity contribution in [3.8, 4) is 21.1 Å². The van der Waals surface area contributed by atoms with E-state index < -0.39 is 11.9 Å². The van der Waals surface area contributed by atoms with Crippen molar-refractivity contribution in [2.24, 2.45) is 0 Å². The largest absolute Gasteiger partial charge is 2.00 e. The Morgan fingerprint density at radius 1 is 0.481 bits per heavy atom. The second-order valence-corrected chi connectivity index (χ2v) is 12.3. The molecule has 0 N–H and O–H groups in total. The van der Waals surface area contributed by atoms with Gasteiger partial charge < -0.3 is 19.9 Å². The molecule has 0 aliphatic carbocycles. The molecule has 52 heavy (non-hydrogen) atoms. The van der Waals surface area contributed by atoms with Crippen LogP contribution in [0.2, 0.25) is 0 Å². The summed E-state index contributed by atoms with van der Waals surface area (Å²) in [6.07, 6.45) is 3.61. The van der Waals surface area contributed by atoms with Crippen molar-refractivity contribution >= 4 is 66.5 Å². The summed E-state index contributed by atoms with van der Waals surface area (Å²) >= 11 is 3.27. The monoisotopic (exact) mass is 1080 g/mol. The third kappa shape index (κ3) is 9.38. The minimum atomic E-state index is -0.486. The van der Waals surface area contributed by atoms with Crippen molar-refractivity contribution in [1.82, 2.24) is 29.9 Å². The summed E-state index contributed by atoms with van der Waals surface area (Å²) in [6.45, 7) is 0. The molecule has 260 valence electrons. The number of halogens is 2. The Morgan fingerprint density at radius 3 is 1.29 bits per heavy atom. The molecule has 0 amide bonds. The number of rotatable bonds is 2. The summed E-state index contributed by atoms with van der Waals surface area (Å²) < 4.78 is 25.6. The molecule has 6 aromatic heterocycles. The Bertz CT molecular complexity index is 2400. The summed E-state index contributed by atoms with van der Waals surface area (Å²) in [5.41, 5.74) is 4.82. The Labute approximate surface area is 334 Å². The molecule has 6 nitrogen and oxygen atoms in total. The second kappa shape index (κ2) is 18.7. The fraction of sp³-hybridized carbons (Fsp3) is 0. The van der Waals surface area contributed by atoms with E-state index in [1.807, 2.05) is 108 Å². The Kier molecular flexibility index (Phi) is 13.8. The number of pyridine rings is 2. The van der Waals surface area contributed by atoms with Crippen molar-refractivity contribution in [3.05, 3.63) is 169 Å². The fourth-order valence-corrected chi connectivity index (χ4v) is 6.29. The standard InChI is InChI=1S/2C11H6FN2.2C9H6NS.2Pt/c2*12-10-6-5-8-7-3-1-2-4-9(7)13-11(8)14-10;2*1-2-4-8(5-3-1)9-10-6-7-11-9;;/h2*1-6H;2*1-4,6-7H;;/q4*-1;2*+2. The first-order valence-electron chi connectivity index (χ1n) is 15.3. The van der Waals surface area contributed by atoms with Crippen LogP contribution in [0.5, 0.6) is 0 Å². The van der Waals surface area contributed by atoms with E-state index in [0.717, 1.165) is 53.7 Å². The van der Waals surface area contributed by atoms with Gasteiger partial charge in [0.2, 0.25) is 0 Å². The van der Waals surface area contributed by atoms with Crippen molar-refractivity contribution in [3.63, 3.8) is 0 Å². The van der Waals surface area contributed by atoms with Crippen LogP contribution in [0.4, 0.5) is 8.78 Å². The topological polar surface area (TPSA) is 79.8 Å². The first-order valence-corrected chi connectivity index (χ1v) is 17.1. The van der Waals surface area contributed by atoms with Gasteiger partial charge in [0.15, 0.2) is 0 Å². The predicted molar refractivity (Wildman–Crippen MR) is 198 cm³/mol. The smallest absolute Gasteiger partial charge is 0.435 e. The molecule has 0 fully saturated rings. The Balaban J connectivity index is 0.000000133. The quantitative estimate of drug-likeness (QED) is 0.127. The number of aromatic nitrogens is 6. The molecule has 0 spiro atoms. The number of hydrogen-bond donors (Lipinski definition) is 0. The van der Waals surface area contributed by atoms with E-state index in [1.54, 1.807) is 47.2 Å². The molecule has 6 heterocycles. The van der Waals surface area contributed by atoms with Crippen LogP contribution in [0.15, 0.2) is 144 Å². The first kappa shape index (κ1) is 38.5. The van der Waals surface area contributed by atoms with Crippen LogP contribution in [-0.2, 0) is 42.1 Å². The van der Waals surface area contributed by atoms with Crippen LogP contribution in [0.25, 0.3) is 65.0 Å². The van der Waals surface area contributed by atoms with Gasteiger partial charge in [-0.3, -0.25) is 9.97 Å². The zero-order valence-electron chi connectivity index (χ0n) is 26.7. The molecule has 0 aliphatic rings. The number of hydrogen-bond acceptors (Lipinski definition) is 6. The third-order valence-electron chi connectivity index (χ3n) is 7.27. The van der Waals surface area contributed by atoms with Crippen LogP contribution in [0.3, 0.4) is 0 Å². The van der Waals surface area contributed by atoms with Gasteiger partial charge in [-0.05, 0) is 56.0 Å². The molecule has 10 aromatic rings. The van der Waals surface area contributed by atoms with E-state index >= 15 is 0 Å². The number of fused-ring (bicyclic) bond motifs is 6. The van der Waals surface area contributed by atoms with Crippen LogP contribution < -0.4 is 9.97 Å². The van der Waals surface area contributed by atoms with Gasteiger partial charge in [0.05, 0.1) is 0 Å². The van der Waals surface area contributed by atoms with Gasteiger partial charge in [-0.1, -0.05) is 60.7 Å². The molecule has 10 rings (SSSR count). The predicted octanol–water partition coefficient (Wildman–Crippen LogP) is 10.2. The zero-order chi connectivity index (χ0) is 34.1. The molecular formula is C40H24F2N6Pt2S2. The van der Waals surface area contributed by atoms with E-state index in [2.05, 4.69) is 42.0 Å². The number of thiazole rings is 2. The maximum atomic E-state index is 12.8. The van der Waals surface area contributed by atoms with Crippen molar-refractivity contribution < 1.29 is 50.9 Å². The van der Waals surface area contributed by atoms with Gasteiger partial charge in [0.25, 0.3) is 0 Å². The summed E-state index contributed by atoms with van der Waals surface area (Å²) in [5, 5.41) is 9.86. The van der Waals surface area contributed by atoms with Crippen molar-refractivity contribution in [2.75, 3.05) is 0 Å². The molecule has 0 saturated carbocycles. The third-order valence-corrected chi connectivity index (χ3v) is 8.88. The van der Waals surface area contributed by atoms with Crippen LogP contribution in [0, 0.1) is 24.0 Å². The van der Waals surface area contributed by atoms with Gasteiger partial charge >= 0.3 is 42.1 Å². The summed E-state index contributed by atoms with van der Waals surface area (Å²) in [4.78, 5) is 24.3. The first-order chi connectivity index (χ1) is 24.6. The van der Waals surface area contributed by atoms with Crippen LogP contribution in [-0.4, -0.2) is 19.9 Å². The molecule has 0 bridgehead atoms. The summed E-state index contributed by atoms with van der Waals surface area (Å²) in [7, 11) is 0. The molecule has 0 atom stereocenters. The molecule has 0 saturated heterocycles. The molecule has 0 aliphatic heterocycles. The van der Waals surface area contributed by atoms with Gasteiger partial charge in [-0.15, -0.1) is 71.8 Å². The van der Waals surface area contributed by atoms with Gasteiger partial charge in [-0.25, -0.2) is 8.78 Å². The molecule has 4 aromatic carbocycles. The van der Waals surface area contributed by atoms with E-state index in [4.69, 9.17) is 0 Å². The normalized spacial score (nSPS) is 10.2. The summed E-state index contributed by atoms with van der Waals surface area (Å²) in [6, 6.07) is 43.5. The van der Waals surface area contributed by atoms with Crippen molar-refractivity contribution in [1.29, 1.82) is 0 Å². The second-order valence-electron chi connectivity index (χ2n) is 10.5. The number of nitrogens with zero attached hydrogens (tertiary/aromatic N) is 6. The minimum Gasteiger partial charge on any atom is -0.435 e. The maximum absolute atomic E-state index is 12.8. The zero-order valence-corrected chi connectivity index (χ0v) is 32.9. The van der Waals surface area contributed by atoms with Gasteiger partial charge in [0, 0.05) is 33.2 Å². The number of para-hydroxylation sites is 2. The van der Waals surface area contributed by atoms with Crippen LogP contribution in [0.1, 0.15) is 0 Å². The Hall–Kier alpha value is -4.72. The minimum absolute atomic E-state index is 0.